The van der Waals surface area contributed by atoms with E-state index in [4.69, 9.17) is 14.8 Å². The molecule has 1 N–H and O–H groups in total. The van der Waals surface area contributed by atoms with Crippen molar-refractivity contribution in [2.45, 2.75) is 51.9 Å². The Morgan fingerprint density at radius 1 is 1.07 bits per heavy atom. The number of carbonyl (C=O) groups excluding carboxylic acids is 1. The van der Waals surface area contributed by atoms with E-state index in [1.807, 2.05) is 44.2 Å². The first kappa shape index (κ1) is 30.5. The van der Waals surface area contributed by atoms with Gasteiger partial charge in [0, 0.05) is 33.0 Å². The fraction of sp³-hybridized carbons (Fsp3) is 0.257. The molecule has 2 aromatic heterocycles. The van der Waals surface area contributed by atoms with Gasteiger partial charge in [0.1, 0.15) is 17.4 Å². The summed E-state index contributed by atoms with van der Waals surface area (Å²) in [6.45, 7) is 3.77. The van der Waals surface area contributed by atoms with Crippen LogP contribution in [0.1, 0.15) is 60.8 Å². The molecule has 3 aromatic carbocycles. The fourth-order valence-corrected chi connectivity index (χ4v) is 6.29. The molecular formula is C35H33BrFN5O3. The van der Waals surface area contributed by atoms with Crippen molar-refractivity contribution in [2.24, 2.45) is 5.10 Å². The minimum atomic E-state index is -0.504. The molecule has 230 valence electrons. The lowest BCUT2D eigenvalue weighted by molar-refractivity contribution is -0.118. The van der Waals surface area contributed by atoms with Crippen LogP contribution in [0.3, 0.4) is 0 Å². The molecule has 5 aromatic rings. The number of benzene rings is 3. The van der Waals surface area contributed by atoms with E-state index in [0.717, 1.165) is 58.6 Å². The zero-order valence-corrected chi connectivity index (χ0v) is 26.7. The van der Waals surface area contributed by atoms with Crippen molar-refractivity contribution in [1.29, 1.82) is 0 Å². The van der Waals surface area contributed by atoms with Crippen LogP contribution in [0, 0.1) is 19.7 Å². The summed E-state index contributed by atoms with van der Waals surface area (Å²) in [4.78, 5) is 30.9. The van der Waals surface area contributed by atoms with E-state index >= 15 is 0 Å². The summed E-state index contributed by atoms with van der Waals surface area (Å²) in [7, 11) is 0. The SMILES string of the molecule is Cc1cc(C=Nn2c(C3CCCCC3)nc3ccc(Br)cc3c2=O)c(C)n1-c1ccc(OCC(=O)Nc2ccccc2F)cc1. The van der Waals surface area contributed by atoms with Gasteiger partial charge in [-0.1, -0.05) is 47.3 Å². The first-order chi connectivity index (χ1) is 21.8. The normalized spacial score (nSPS) is 13.9. The molecule has 8 nitrogen and oxygen atoms in total. The summed E-state index contributed by atoms with van der Waals surface area (Å²) >= 11 is 3.48. The number of aryl methyl sites for hydroxylation is 1. The minimum absolute atomic E-state index is 0.111. The smallest absolute Gasteiger partial charge is 0.282 e. The molecule has 1 aliphatic rings. The number of anilines is 1. The quantitative estimate of drug-likeness (QED) is 0.172. The van der Waals surface area contributed by atoms with Crippen LogP contribution >= 0.6 is 15.9 Å². The van der Waals surface area contributed by atoms with Crippen molar-refractivity contribution < 1.29 is 13.9 Å². The number of hydrogen-bond donors (Lipinski definition) is 1. The Bertz CT molecular complexity index is 1960. The summed E-state index contributed by atoms with van der Waals surface area (Å²) in [6.07, 6.45) is 7.17. The molecule has 0 radical (unpaired) electrons. The van der Waals surface area contributed by atoms with Gasteiger partial charge in [-0.25, -0.2) is 9.37 Å². The van der Waals surface area contributed by atoms with E-state index in [0.29, 0.717) is 16.7 Å². The second kappa shape index (κ2) is 13.2. The number of rotatable bonds is 8. The highest BCUT2D eigenvalue weighted by Crippen LogP contribution is 2.32. The van der Waals surface area contributed by atoms with Crippen LogP contribution in [0.5, 0.6) is 5.75 Å². The Labute approximate surface area is 268 Å². The zero-order valence-electron chi connectivity index (χ0n) is 25.1. The highest BCUT2D eigenvalue weighted by Gasteiger charge is 2.23. The summed E-state index contributed by atoms with van der Waals surface area (Å²) in [5.74, 6) is 0.464. The van der Waals surface area contributed by atoms with Crippen LogP contribution in [-0.2, 0) is 4.79 Å². The molecule has 1 aliphatic carbocycles. The van der Waals surface area contributed by atoms with Crippen molar-refractivity contribution in [3.8, 4) is 11.4 Å². The lowest BCUT2D eigenvalue weighted by atomic mass is 9.88. The number of fused-ring (bicyclic) bond motifs is 1. The van der Waals surface area contributed by atoms with Crippen molar-refractivity contribution in [3.05, 3.63) is 116 Å². The first-order valence-electron chi connectivity index (χ1n) is 15.0. The fourth-order valence-electron chi connectivity index (χ4n) is 5.93. The van der Waals surface area contributed by atoms with E-state index < -0.39 is 11.7 Å². The molecule has 0 atom stereocenters. The predicted molar refractivity (Wildman–Crippen MR) is 178 cm³/mol. The average molecular weight is 671 g/mol. The van der Waals surface area contributed by atoms with Crippen LogP contribution in [0.15, 0.2) is 87.2 Å². The molecule has 0 spiro atoms. The third-order valence-electron chi connectivity index (χ3n) is 8.20. The maximum atomic E-state index is 13.8. The molecule has 1 fully saturated rings. The average Bonchev–Trinajstić information content (AvgIpc) is 3.33. The van der Waals surface area contributed by atoms with Gasteiger partial charge >= 0.3 is 0 Å². The molecule has 45 heavy (non-hydrogen) atoms. The van der Waals surface area contributed by atoms with Gasteiger partial charge in [0.05, 0.1) is 22.8 Å². The van der Waals surface area contributed by atoms with Crippen LogP contribution in [0.25, 0.3) is 16.6 Å². The molecule has 1 saturated carbocycles. The number of amides is 1. The second-order valence-corrected chi connectivity index (χ2v) is 12.2. The number of aromatic nitrogens is 3. The third-order valence-corrected chi connectivity index (χ3v) is 8.69. The molecule has 0 saturated heterocycles. The van der Waals surface area contributed by atoms with Gasteiger partial charge in [0.25, 0.3) is 11.5 Å². The van der Waals surface area contributed by atoms with Crippen molar-refractivity contribution in [2.75, 3.05) is 11.9 Å². The van der Waals surface area contributed by atoms with Gasteiger partial charge in [-0.15, -0.1) is 0 Å². The predicted octanol–water partition coefficient (Wildman–Crippen LogP) is 7.65. The van der Waals surface area contributed by atoms with Crippen LogP contribution < -0.4 is 15.6 Å². The van der Waals surface area contributed by atoms with E-state index in [2.05, 4.69) is 25.8 Å². The molecule has 10 heteroatoms. The number of halogens is 2. The van der Waals surface area contributed by atoms with Crippen LogP contribution in [0.2, 0.25) is 0 Å². The number of ether oxygens (including phenoxy) is 1. The highest BCUT2D eigenvalue weighted by molar-refractivity contribution is 9.10. The molecular weight excluding hydrogens is 637 g/mol. The van der Waals surface area contributed by atoms with Crippen molar-refractivity contribution in [3.63, 3.8) is 0 Å². The largest absolute Gasteiger partial charge is 0.484 e. The number of nitrogens with one attached hydrogen (secondary N) is 1. The third kappa shape index (κ3) is 6.61. The molecule has 0 unspecified atom stereocenters. The van der Waals surface area contributed by atoms with E-state index in [-0.39, 0.29) is 23.8 Å². The van der Waals surface area contributed by atoms with E-state index in [9.17, 15) is 14.0 Å². The van der Waals surface area contributed by atoms with Gasteiger partial charge in [-0.2, -0.15) is 9.78 Å². The summed E-state index contributed by atoms with van der Waals surface area (Å²) in [5.41, 5.74) is 4.36. The summed E-state index contributed by atoms with van der Waals surface area (Å²) in [5, 5.41) is 7.78. The van der Waals surface area contributed by atoms with Gasteiger partial charge in [-0.05, 0) is 87.4 Å². The van der Waals surface area contributed by atoms with Gasteiger partial charge < -0.3 is 14.6 Å². The van der Waals surface area contributed by atoms with Gasteiger partial charge in [0.2, 0.25) is 0 Å². The summed E-state index contributed by atoms with van der Waals surface area (Å²) < 4.78 is 23.9. The molecule has 6 rings (SSSR count). The molecule has 0 bridgehead atoms. The first-order valence-corrected chi connectivity index (χ1v) is 15.8. The number of nitrogens with zero attached hydrogens (tertiary/aromatic N) is 4. The molecule has 1 amide bonds. The number of para-hydroxylation sites is 1. The van der Waals surface area contributed by atoms with Crippen LogP contribution in [-0.4, -0.2) is 33.0 Å². The monoisotopic (exact) mass is 669 g/mol. The number of carbonyl (C=O) groups is 1. The number of hydrogen-bond acceptors (Lipinski definition) is 5. The zero-order chi connectivity index (χ0) is 31.5. The van der Waals surface area contributed by atoms with Crippen LogP contribution in [0.4, 0.5) is 10.1 Å². The maximum Gasteiger partial charge on any atom is 0.282 e. The summed E-state index contributed by atoms with van der Waals surface area (Å²) in [6, 6.07) is 21.0. The van der Waals surface area contributed by atoms with Crippen molar-refractivity contribution in [1.82, 2.24) is 14.2 Å². The Kier molecular flexibility index (Phi) is 8.93. The Morgan fingerprint density at radius 2 is 1.82 bits per heavy atom. The molecule has 2 heterocycles. The molecule has 0 aliphatic heterocycles. The Balaban J connectivity index is 1.23. The van der Waals surface area contributed by atoms with E-state index in [1.165, 1.54) is 23.2 Å². The van der Waals surface area contributed by atoms with Gasteiger partial charge in [0.15, 0.2) is 6.61 Å². The van der Waals surface area contributed by atoms with Gasteiger partial charge in [-0.3, -0.25) is 9.59 Å². The Hall–Kier alpha value is -4.57. The standard InChI is InChI=1S/C35H33BrFN5O3/c1-22-18-25(20-38-42-34(24-8-4-3-5-9-24)40-31-17-12-26(36)19-29(31)35(42)44)23(2)41(22)27-13-15-28(16-14-27)45-21-33(43)39-32-11-7-6-10-30(32)37/h6-7,10-20,24H,3-5,8-9,21H2,1-2H3,(H,39,43). The topological polar surface area (TPSA) is 90.5 Å². The second-order valence-electron chi connectivity index (χ2n) is 11.3. The van der Waals surface area contributed by atoms with Crippen molar-refractivity contribution >= 4 is 44.6 Å². The van der Waals surface area contributed by atoms with E-state index in [1.54, 1.807) is 36.5 Å². The lowest BCUT2D eigenvalue weighted by Gasteiger charge is -2.22. The Morgan fingerprint density at radius 3 is 2.58 bits per heavy atom. The highest BCUT2D eigenvalue weighted by atomic mass is 79.9. The minimum Gasteiger partial charge on any atom is -0.484 e. The lowest BCUT2D eigenvalue weighted by Crippen LogP contribution is -2.25. The maximum absolute atomic E-state index is 13.8.